The van der Waals surface area contributed by atoms with Gasteiger partial charge in [-0.1, -0.05) is 6.07 Å². The van der Waals surface area contributed by atoms with Gasteiger partial charge in [-0.2, -0.15) is 0 Å². The highest BCUT2D eigenvalue weighted by molar-refractivity contribution is 7.92. The van der Waals surface area contributed by atoms with Gasteiger partial charge in [0, 0.05) is 19.7 Å². The third-order valence-electron chi connectivity index (χ3n) is 3.50. The maximum Gasteiger partial charge on any atom is 0.261 e. The van der Waals surface area contributed by atoms with Crippen LogP contribution < -0.4 is 20.1 Å². The van der Waals surface area contributed by atoms with Crippen LogP contribution in [-0.4, -0.2) is 33.4 Å². The first-order chi connectivity index (χ1) is 12.7. The first kappa shape index (κ1) is 20.2. The van der Waals surface area contributed by atoms with Gasteiger partial charge in [-0.05, 0) is 49.4 Å². The normalized spacial score (nSPS) is 12.0. The summed E-state index contributed by atoms with van der Waals surface area (Å²) in [4.78, 5) is 22.6. The number of nitrogens with one attached hydrogen (secondary N) is 3. The van der Waals surface area contributed by atoms with E-state index in [4.69, 9.17) is 4.74 Å². The lowest BCUT2D eigenvalue weighted by Crippen LogP contribution is -2.33. The average Bonchev–Trinajstić information content (AvgIpc) is 2.60. The number of rotatable bonds is 7. The van der Waals surface area contributed by atoms with Crippen LogP contribution in [0.4, 0.5) is 11.4 Å². The van der Waals surface area contributed by atoms with Gasteiger partial charge in [0.2, 0.25) is 5.91 Å². The molecule has 2 rings (SSSR count). The second kappa shape index (κ2) is 8.54. The fraction of sp³-hybridized carbons (Fsp3) is 0.222. The number of amides is 2. The molecule has 0 bridgehead atoms. The standard InChI is InChI=1S/C18H21N3O5S/c1-12(18(23)19-3)26-16-7-9-17(10-8-16)27(24,25)21-15-6-4-5-14(11-15)20-13(2)22/h4-12,21H,1-3H3,(H,19,23)(H,20,22)/t12-/m0/s1. The Morgan fingerprint density at radius 1 is 1.04 bits per heavy atom. The number of hydrogen-bond donors (Lipinski definition) is 3. The van der Waals surface area contributed by atoms with E-state index in [2.05, 4.69) is 15.4 Å². The highest BCUT2D eigenvalue weighted by Crippen LogP contribution is 2.22. The van der Waals surface area contributed by atoms with Crippen molar-refractivity contribution in [2.75, 3.05) is 17.1 Å². The molecule has 8 nitrogen and oxygen atoms in total. The Labute approximate surface area is 158 Å². The van der Waals surface area contributed by atoms with E-state index >= 15 is 0 Å². The lowest BCUT2D eigenvalue weighted by molar-refractivity contribution is -0.126. The van der Waals surface area contributed by atoms with Crippen LogP contribution in [0.5, 0.6) is 5.75 Å². The van der Waals surface area contributed by atoms with E-state index in [-0.39, 0.29) is 16.7 Å². The predicted octanol–water partition coefficient (Wildman–Crippen LogP) is 1.96. The maximum absolute atomic E-state index is 12.5. The Balaban J connectivity index is 2.13. The zero-order valence-corrected chi connectivity index (χ0v) is 16.0. The molecule has 0 saturated heterocycles. The Hall–Kier alpha value is -3.07. The second-order valence-corrected chi connectivity index (χ2v) is 7.40. The zero-order valence-electron chi connectivity index (χ0n) is 15.1. The molecule has 2 aromatic carbocycles. The lowest BCUT2D eigenvalue weighted by atomic mass is 10.3. The van der Waals surface area contributed by atoms with Crippen molar-refractivity contribution >= 4 is 33.2 Å². The number of sulfonamides is 1. The number of carbonyl (C=O) groups excluding carboxylic acids is 2. The van der Waals surface area contributed by atoms with E-state index in [9.17, 15) is 18.0 Å². The monoisotopic (exact) mass is 391 g/mol. The molecule has 2 amide bonds. The molecule has 2 aromatic rings. The van der Waals surface area contributed by atoms with Crippen molar-refractivity contribution in [2.24, 2.45) is 0 Å². The topological polar surface area (TPSA) is 114 Å². The summed E-state index contributed by atoms with van der Waals surface area (Å²) in [5.41, 5.74) is 0.796. The van der Waals surface area contributed by atoms with Gasteiger partial charge >= 0.3 is 0 Å². The van der Waals surface area contributed by atoms with E-state index in [0.717, 1.165) is 0 Å². The fourth-order valence-electron chi connectivity index (χ4n) is 2.24. The average molecular weight is 391 g/mol. The number of hydrogen-bond acceptors (Lipinski definition) is 5. The summed E-state index contributed by atoms with van der Waals surface area (Å²) >= 11 is 0. The van der Waals surface area contributed by atoms with Crippen molar-refractivity contribution in [3.05, 3.63) is 48.5 Å². The molecule has 0 fully saturated rings. The molecule has 3 N–H and O–H groups in total. The van der Waals surface area contributed by atoms with Crippen LogP contribution >= 0.6 is 0 Å². The van der Waals surface area contributed by atoms with E-state index in [1.165, 1.54) is 44.3 Å². The summed E-state index contributed by atoms with van der Waals surface area (Å²) < 4.78 is 32.9. The van der Waals surface area contributed by atoms with Crippen molar-refractivity contribution in [3.8, 4) is 5.75 Å². The van der Waals surface area contributed by atoms with Crippen molar-refractivity contribution in [1.29, 1.82) is 0 Å². The molecule has 0 radical (unpaired) electrons. The van der Waals surface area contributed by atoms with Gasteiger partial charge < -0.3 is 15.4 Å². The van der Waals surface area contributed by atoms with Crippen molar-refractivity contribution in [1.82, 2.24) is 5.32 Å². The van der Waals surface area contributed by atoms with Crippen LogP contribution in [0.2, 0.25) is 0 Å². The molecule has 0 heterocycles. The predicted molar refractivity (Wildman–Crippen MR) is 102 cm³/mol. The summed E-state index contributed by atoms with van der Waals surface area (Å²) in [5, 5.41) is 5.06. The zero-order chi connectivity index (χ0) is 20.0. The van der Waals surface area contributed by atoms with Gasteiger partial charge in [-0.3, -0.25) is 14.3 Å². The molecule has 0 aromatic heterocycles. The van der Waals surface area contributed by atoms with Gasteiger partial charge in [-0.15, -0.1) is 0 Å². The number of ether oxygens (including phenoxy) is 1. The summed E-state index contributed by atoms with van der Waals surface area (Å²) in [6, 6.07) is 12.1. The van der Waals surface area contributed by atoms with Gasteiger partial charge in [0.25, 0.3) is 15.9 Å². The molecular formula is C18H21N3O5S. The number of benzene rings is 2. The summed E-state index contributed by atoms with van der Waals surface area (Å²) in [7, 11) is -2.32. The molecule has 0 unspecified atom stereocenters. The smallest absolute Gasteiger partial charge is 0.261 e. The van der Waals surface area contributed by atoms with E-state index in [1.807, 2.05) is 0 Å². The summed E-state index contributed by atoms with van der Waals surface area (Å²) in [6.45, 7) is 2.96. The lowest BCUT2D eigenvalue weighted by Gasteiger charge is -2.14. The third-order valence-corrected chi connectivity index (χ3v) is 4.89. The van der Waals surface area contributed by atoms with Crippen LogP contribution in [0, 0.1) is 0 Å². The Morgan fingerprint density at radius 3 is 2.26 bits per heavy atom. The van der Waals surface area contributed by atoms with E-state index < -0.39 is 16.1 Å². The van der Waals surface area contributed by atoms with Gasteiger partial charge in [0.05, 0.1) is 10.6 Å². The fourth-order valence-corrected chi connectivity index (χ4v) is 3.29. The van der Waals surface area contributed by atoms with Gasteiger partial charge in [0.15, 0.2) is 6.10 Å². The maximum atomic E-state index is 12.5. The van der Waals surface area contributed by atoms with Crippen molar-refractivity contribution in [3.63, 3.8) is 0 Å². The molecule has 9 heteroatoms. The van der Waals surface area contributed by atoms with Gasteiger partial charge in [-0.25, -0.2) is 8.42 Å². The molecule has 0 aliphatic heterocycles. The number of anilines is 2. The van der Waals surface area contributed by atoms with Crippen LogP contribution in [-0.2, 0) is 19.6 Å². The third kappa shape index (κ3) is 5.71. The Morgan fingerprint density at radius 2 is 1.67 bits per heavy atom. The highest BCUT2D eigenvalue weighted by Gasteiger charge is 2.16. The quantitative estimate of drug-likeness (QED) is 0.668. The molecule has 144 valence electrons. The van der Waals surface area contributed by atoms with Crippen molar-refractivity contribution in [2.45, 2.75) is 24.8 Å². The van der Waals surface area contributed by atoms with Crippen molar-refractivity contribution < 1.29 is 22.7 Å². The number of likely N-dealkylation sites (N-methyl/N-ethyl adjacent to an activating group) is 1. The molecular weight excluding hydrogens is 370 g/mol. The second-order valence-electron chi connectivity index (χ2n) is 5.71. The molecule has 1 atom stereocenters. The van der Waals surface area contributed by atoms with Crippen LogP contribution in [0.25, 0.3) is 0 Å². The van der Waals surface area contributed by atoms with Gasteiger partial charge in [0.1, 0.15) is 5.75 Å². The van der Waals surface area contributed by atoms with Crippen LogP contribution in [0.15, 0.2) is 53.4 Å². The van der Waals surface area contributed by atoms with Crippen LogP contribution in [0.3, 0.4) is 0 Å². The Bertz CT molecular complexity index is 926. The van der Waals surface area contributed by atoms with E-state index in [1.54, 1.807) is 25.1 Å². The highest BCUT2D eigenvalue weighted by atomic mass is 32.2. The minimum absolute atomic E-state index is 0.0346. The first-order valence-corrected chi connectivity index (χ1v) is 9.58. The van der Waals surface area contributed by atoms with Crippen LogP contribution in [0.1, 0.15) is 13.8 Å². The number of carbonyl (C=O) groups is 2. The molecule has 0 spiro atoms. The Kier molecular flexibility index (Phi) is 6.40. The summed E-state index contributed by atoms with van der Waals surface area (Å²) in [6.07, 6.45) is -0.702. The van der Waals surface area contributed by atoms with E-state index in [0.29, 0.717) is 17.1 Å². The molecule has 0 aliphatic carbocycles. The minimum atomic E-state index is -3.82. The minimum Gasteiger partial charge on any atom is -0.481 e. The first-order valence-electron chi connectivity index (χ1n) is 8.10. The SMILES string of the molecule is CNC(=O)[C@H](C)Oc1ccc(S(=O)(=O)Nc2cccc(NC(C)=O)c2)cc1. The molecule has 0 aliphatic rings. The molecule has 27 heavy (non-hydrogen) atoms. The molecule has 0 saturated carbocycles. The largest absolute Gasteiger partial charge is 0.481 e. The summed E-state index contributed by atoms with van der Waals surface area (Å²) in [5.74, 6) is -0.165.